The summed E-state index contributed by atoms with van der Waals surface area (Å²) in [5.74, 6) is 1.55. The minimum absolute atomic E-state index is 0.471. The van der Waals surface area contributed by atoms with Gasteiger partial charge in [-0.25, -0.2) is 0 Å². The first-order valence-corrected chi connectivity index (χ1v) is 9.57. The van der Waals surface area contributed by atoms with Crippen molar-refractivity contribution in [3.05, 3.63) is 119 Å². The van der Waals surface area contributed by atoms with Gasteiger partial charge >= 0.3 is 0 Å². The Morgan fingerprint density at radius 2 is 1.04 bits per heavy atom. The van der Waals surface area contributed by atoms with Gasteiger partial charge in [0.1, 0.15) is 0 Å². The molecule has 0 aromatic heterocycles. The lowest BCUT2D eigenvalue weighted by molar-refractivity contribution is 0.452. The second kappa shape index (κ2) is 5.32. The van der Waals surface area contributed by atoms with E-state index in [1.807, 2.05) is 0 Å². The Balaban J connectivity index is 1.63. The van der Waals surface area contributed by atoms with Crippen LogP contribution in [0.25, 0.3) is 10.8 Å². The highest BCUT2D eigenvalue weighted by Crippen LogP contribution is 2.59. The maximum absolute atomic E-state index is 2.36. The summed E-state index contributed by atoms with van der Waals surface area (Å²) < 4.78 is 0. The zero-order valence-electron chi connectivity index (χ0n) is 14.6. The zero-order chi connectivity index (χ0) is 17.1. The molecule has 1 unspecified atom stereocenters. The molecule has 1 atom stereocenters. The van der Waals surface area contributed by atoms with Crippen LogP contribution < -0.4 is 0 Å². The summed E-state index contributed by atoms with van der Waals surface area (Å²) in [5, 5.41) is 2.77. The first-order chi connectivity index (χ1) is 12.9. The van der Waals surface area contributed by atoms with Crippen LogP contribution >= 0.6 is 0 Å². The smallest absolute Gasteiger partial charge is 0.0164 e. The van der Waals surface area contributed by atoms with Crippen molar-refractivity contribution < 1.29 is 0 Å². The Hall–Kier alpha value is -2.86. The van der Waals surface area contributed by atoms with Crippen LogP contribution in [0.15, 0.2) is 91.0 Å². The van der Waals surface area contributed by atoms with E-state index in [1.165, 1.54) is 22.8 Å². The predicted molar refractivity (Wildman–Crippen MR) is 108 cm³/mol. The standard InChI is InChI=1S/C26H20/c1-2-10-18-17(8-1)9-7-15-19(18)25-16-24-20-11-3-5-13-22(20)26(25)23-14-6-4-12-21(23)24/h1-15,24-26H,16H2. The van der Waals surface area contributed by atoms with Crippen LogP contribution in [-0.4, -0.2) is 0 Å². The molecule has 0 saturated heterocycles. The minimum Gasteiger partial charge on any atom is -0.0620 e. The van der Waals surface area contributed by atoms with E-state index in [0.717, 1.165) is 0 Å². The van der Waals surface area contributed by atoms with Crippen LogP contribution in [0.3, 0.4) is 0 Å². The molecule has 0 fully saturated rings. The largest absolute Gasteiger partial charge is 0.0620 e. The number of benzene rings is 4. The van der Waals surface area contributed by atoms with Gasteiger partial charge in [0.15, 0.2) is 0 Å². The predicted octanol–water partition coefficient (Wildman–Crippen LogP) is 6.60. The summed E-state index contributed by atoms with van der Waals surface area (Å²) >= 11 is 0. The molecule has 3 aliphatic carbocycles. The van der Waals surface area contributed by atoms with E-state index in [4.69, 9.17) is 0 Å². The molecule has 4 aromatic rings. The van der Waals surface area contributed by atoms with Crippen LogP contribution in [0.2, 0.25) is 0 Å². The van der Waals surface area contributed by atoms with Gasteiger partial charge in [0.05, 0.1) is 0 Å². The van der Waals surface area contributed by atoms with Gasteiger partial charge in [0.25, 0.3) is 0 Å². The van der Waals surface area contributed by atoms with Gasteiger partial charge in [-0.2, -0.15) is 0 Å². The van der Waals surface area contributed by atoms with Gasteiger partial charge in [-0.15, -0.1) is 0 Å². The quantitative estimate of drug-likeness (QED) is 0.368. The molecule has 0 spiro atoms. The van der Waals surface area contributed by atoms with E-state index in [0.29, 0.717) is 17.8 Å². The molecule has 3 aliphatic rings. The summed E-state index contributed by atoms with van der Waals surface area (Å²) in [6, 6.07) is 33.9. The van der Waals surface area contributed by atoms with Crippen molar-refractivity contribution >= 4 is 10.8 Å². The fourth-order valence-corrected chi connectivity index (χ4v) is 5.52. The number of hydrogen-bond acceptors (Lipinski definition) is 0. The molecule has 0 nitrogen and oxygen atoms in total. The lowest BCUT2D eigenvalue weighted by Crippen LogP contribution is -2.30. The molecule has 124 valence electrons. The topological polar surface area (TPSA) is 0 Å². The second-order valence-corrected chi connectivity index (χ2v) is 7.70. The van der Waals surface area contributed by atoms with Gasteiger partial charge < -0.3 is 0 Å². The molecular formula is C26H20. The molecule has 0 amide bonds. The van der Waals surface area contributed by atoms with Gasteiger partial charge in [-0.05, 0) is 50.9 Å². The number of hydrogen-bond donors (Lipinski definition) is 0. The normalized spacial score (nSPS) is 22.8. The van der Waals surface area contributed by atoms with Crippen molar-refractivity contribution in [1.29, 1.82) is 0 Å². The van der Waals surface area contributed by atoms with Crippen molar-refractivity contribution in [2.24, 2.45) is 0 Å². The fourth-order valence-electron chi connectivity index (χ4n) is 5.52. The Kier molecular flexibility index (Phi) is 2.93. The summed E-state index contributed by atoms with van der Waals surface area (Å²) in [6.07, 6.45) is 1.21. The lowest BCUT2D eigenvalue weighted by Gasteiger charge is -2.46. The van der Waals surface area contributed by atoms with Crippen molar-refractivity contribution in [2.45, 2.75) is 24.2 Å². The van der Waals surface area contributed by atoms with Gasteiger partial charge in [0.2, 0.25) is 0 Å². The Morgan fingerprint density at radius 3 is 1.77 bits per heavy atom. The third kappa shape index (κ3) is 1.85. The highest BCUT2D eigenvalue weighted by atomic mass is 14.5. The average molecular weight is 332 g/mol. The second-order valence-electron chi connectivity index (χ2n) is 7.70. The SMILES string of the molecule is c1ccc2c(c1)C1CC(c3cccc4ccccc34)C2c2ccccc21. The Bertz CT molecular complexity index is 1080. The van der Waals surface area contributed by atoms with E-state index in [-0.39, 0.29) is 0 Å². The maximum atomic E-state index is 2.36. The van der Waals surface area contributed by atoms with Gasteiger partial charge in [-0.3, -0.25) is 0 Å². The Labute approximate surface area is 154 Å². The molecule has 0 saturated carbocycles. The highest BCUT2D eigenvalue weighted by Gasteiger charge is 2.43. The zero-order valence-corrected chi connectivity index (χ0v) is 14.6. The molecule has 0 radical (unpaired) electrons. The molecule has 0 heterocycles. The van der Waals surface area contributed by atoms with Crippen LogP contribution in [-0.2, 0) is 0 Å². The van der Waals surface area contributed by atoms with Crippen molar-refractivity contribution in [2.75, 3.05) is 0 Å². The highest BCUT2D eigenvalue weighted by molar-refractivity contribution is 5.86. The summed E-state index contributed by atoms with van der Waals surface area (Å²) in [6.45, 7) is 0. The third-order valence-corrected chi connectivity index (χ3v) is 6.53. The molecule has 7 rings (SSSR count). The molecule has 0 heteroatoms. The summed E-state index contributed by atoms with van der Waals surface area (Å²) in [7, 11) is 0. The van der Waals surface area contributed by atoms with E-state index >= 15 is 0 Å². The fraction of sp³-hybridized carbons (Fsp3) is 0.154. The van der Waals surface area contributed by atoms with Crippen molar-refractivity contribution in [3.8, 4) is 0 Å². The number of rotatable bonds is 1. The van der Waals surface area contributed by atoms with Crippen LogP contribution in [0.4, 0.5) is 0 Å². The minimum atomic E-state index is 0.471. The third-order valence-electron chi connectivity index (χ3n) is 6.53. The molecule has 0 aliphatic heterocycles. The van der Waals surface area contributed by atoms with Crippen molar-refractivity contribution in [3.63, 3.8) is 0 Å². The van der Waals surface area contributed by atoms with E-state index in [9.17, 15) is 0 Å². The van der Waals surface area contributed by atoms with Gasteiger partial charge in [-0.1, -0.05) is 91.0 Å². The Morgan fingerprint density at radius 1 is 0.500 bits per heavy atom. The molecular weight excluding hydrogens is 312 g/mol. The van der Waals surface area contributed by atoms with Crippen LogP contribution in [0.1, 0.15) is 52.0 Å². The molecule has 2 bridgehead atoms. The van der Waals surface area contributed by atoms with E-state index < -0.39 is 0 Å². The number of fused-ring (bicyclic) bond motifs is 2. The van der Waals surface area contributed by atoms with E-state index in [1.54, 1.807) is 22.3 Å². The summed E-state index contributed by atoms with van der Waals surface area (Å²) in [4.78, 5) is 0. The molecule has 4 aromatic carbocycles. The average Bonchev–Trinajstić information content (AvgIpc) is 2.73. The molecule has 0 N–H and O–H groups in total. The van der Waals surface area contributed by atoms with Gasteiger partial charge in [0, 0.05) is 11.8 Å². The van der Waals surface area contributed by atoms with Crippen LogP contribution in [0, 0.1) is 0 Å². The first-order valence-electron chi connectivity index (χ1n) is 9.57. The van der Waals surface area contributed by atoms with Crippen molar-refractivity contribution in [1.82, 2.24) is 0 Å². The maximum Gasteiger partial charge on any atom is 0.0164 e. The molecule has 26 heavy (non-hydrogen) atoms. The van der Waals surface area contributed by atoms with E-state index in [2.05, 4.69) is 91.0 Å². The summed E-state index contributed by atoms with van der Waals surface area (Å²) in [5.41, 5.74) is 7.70. The monoisotopic (exact) mass is 332 g/mol. The first kappa shape index (κ1) is 14.3. The van der Waals surface area contributed by atoms with Crippen LogP contribution in [0.5, 0.6) is 0 Å². The lowest BCUT2D eigenvalue weighted by atomic mass is 9.57.